The molecule has 2 aromatic heterocycles. The second-order valence-corrected chi connectivity index (χ2v) is 9.88. The first-order valence-corrected chi connectivity index (χ1v) is 12.7. The first kappa shape index (κ1) is 25.7. The minimum atomic E-state index is -0.466. The molecule has 200 valence electrons. The lowest BCUT2D eigenvalue weighted by atomic mass is 10.0. The van der Waals surface area contributed by atoms with E-state index in [1.165, 1.54) is 6.33 Å². The molecule has 2 aromatic carbocycles. The first-order valence-electron chi connectivity index (χ1n) is 12.7. The SMILES string of the molecule is COc1cc2c(Oc3ccc4[nH]c(C)cc4c3F)ncnc2cc1OCC1CCCCN1C(=O)CN(C)C. The number of hydrogen-bond donors (Lipinski definition) is 1. The zero-order valence-corrected chi connectivity index (χ0v) is 22.1. The van der Waals surface area contributed by atoms with Gasteiger partial charge in [0.05, 0.1) is 30.6 Å². The number of methoxy groups -OCH3 is 1. The number of likely N-dealkylation sites (tertiary alicyclic amines) is 1. The molecule has 1 atom stereocenters. The number of benzene rings is 2. The number of fused-ring (bicyclic) bond motifs is 2. The summed E-state index contributed by atoms with van der Waals surface area (Å²) in [5.41, 5.74) is 2.12. The van der Waals surface area contributed by atoms with Gasteiger partial charge in [0.1, 0.15) is 12.9 Å². The monoisotopic (exact) mass is 521 g/mol. The van der Waals surface area contributed by atoms with Crippen LogP contribution in [0.2, 0.25) is 0 Å². The van der Waals surface area contributed by atoms with Gasteiger partial charge in [-0.05, 0) is 64.5 Å². The molecule has 1 unspecified atom stereocenters. The van der Waals surface area contributed by atoms with Crippen LogP contribution in [0.15, 0.2) is 36.7 Å². The molecule has 38 heavy (non-hydrogen) atoms. The van der Waals surface area contributed by atoms with Gasteiger partial charge in [0.15, 0.2) is 23.1 Å². The topological polar surface area (TPSA) is 92.8 Å². The number of hydrogen-bond acceptors (Lipinski definition) is 7. The third-order valence-corrected chi connectivity index (χ3v) is 6.76. The van der Waals surface area contributed by atoms with E-state index >= 15 is 4.39 Å². The van der Waals surface area contributed by atoms with Crippen LogP contribution in [0.1, 0.15) is 25.0 Å². The number of likely N-dealkylation sites (N-methyl/N-ethyl adjacent to an activating group) is 1. The van der Waals surface area contributed by atoms with E-state index in [9.17, 15) is 4.79 Å². The van der Waals surface area contributed by atoms with Gasteiger partial charge in [-0.1, -0.05) is 0 Å². The second kappa shape index (κ2) is 10.8. The van der Waals surface area contributed by atoms with Crippen molar-refractivity contribution in [1.82, 2.24) is 24.8 Å². The molecular formula is C28H32FN5O4. The van der Waals surface area contributed by atoms with E-state index in [4.69, 9.17) is 14.2 Å². The molecule has 0 radical (unpaired) electrons. The molecule has 0 saturated carbocycles. The maximum atomic E-state index is 15.1. The fourth-order valence-corrected chi connectivity index (χ4v) is 4.91. The van der Waals surface area contributed by atoms with Gasteiger partial charge in [-0.2, -0.15) is 0 Å². The normalized spacial score (nSPS) is 15.8. The summed E-state index contributed by atoms with van der Waals surface area (Å²) in [4.78, 5) is 28.3. The Labute approximate surface area is 220 Å². The molecule has 1 N–H and O–H groups in total. The summed E-state index contributed by atoms with van der Waals surface area (Å²) in [5, 5.41) is 1.01. The lowest BCUT2D eigenvalue weighted by Crippen LogP contribution is -2.49. The van der Waals surface area contributed by atoms with Crippen molar-refractivity contribution >= 4 is 27.7 Å². The van der Waals surface area contributed by atoms with E-state index in [1.54, 1.807) is 37.4 Å². The fraction of sp³-hybridized carbons (Fsp3) is 0.393. The van der Waals surface area contributed by atoms with Crippen LogP contribution in [0.3, 0.4) is 0 Å². The van der Waals surface area contributed by atoms with Gasteiger partial charge in [-0.25, -0.2) is 14.4 Å². The predicted octanol–water partition coefficient (Wildman–Crippen LogP) is 4.68. The van der Waals surface area contributed by atoms with Crippen LogP contribution in [0.25, 0.3) is 21.8 Å². The molecule has 3 heterocycles. The first-order chi connectivity index (χ1) is 18.3. The summed E-state index contributed by atoms with van der Waals surface area (Å²) in [7, 11) is 5.33. The fourth-order valence-electron chi connectivity index (χ4n) is 4.91. The summed E-state index contributed by atoms with van der Waals surface area (Å²) in [6.07, 6.45) is 4.29. The molecular weight excluding hydrogens is 489 g/mol. The third kappa shape index (κ3) is 5.22. The van der Waals surface area contributed by atoms with Crippen LogP contribution in [-0.2, 0) is 4.79 Å². The number of piperidine rings is 1. The van der Waals surface area contributed by atoms with Crippen molar-refractivity contribution < 1.29 is 23.4 Å². The van der Waals surface area contributed by atoms with Gasteiger partial charge >= 0.3 is 0 Å². The number of halogens is 1. The van der Waals surface area contributed by atoms with Crippen molar-refractivity contribution in [2.75, 3.05) is 40.9 Å². The molecule has 5 rings (SSSR count). The van der Waals surface area contributed by atoms with E-state index in [-0.39, 0.29) is 23.6 Å². The van der Waals surface area contributed by atoms with E-state index in [2.05, 4.69) is 15.0 Å². The van der Waals surface area contributed by atoms with Crippen LogP contribution in [0.4, 0.5) is 4.39 Å². The summed E-state index contributed by atoms with van der Waals surface area (Å²) in [6, 6.07) is 8.55. The van der Waals surface area contributed by atoms with Crippen molar-refractivity contribution in [1.29, 1.82) is 0 Å². The number of carbonyl (C=O) groups is 1. The molecule has 1 amide bonds. The zero-order valence-electron chi connectivity index (χ0n) is 22.1. The van der Waals surface area contributed by atoms with Gasteiger partial charge < -0.3 is 29.0 Å². The second-order valence-electron chi connectivity index (χ2n) is 9.88. The van der Waals surface area contributed by atoms with E-state index in [1.807, 2.05) is 30.8 Å². The highest BCUT2D eigenvalue weighted by Crippen LogP contribution is 2.37. The average molecular weight is 522 g/mol. The third-order valence-electron chi connectivity index (χ3n) is 6.76. The number of aromatic amines is 1. The summed E-state index contributed by atoms with van der Waals surface area (Å²) in [5.74, 6) is 0.880. The summed E-state index contributed by atoms with van der Waals surface area (Å²) in [6.45, 7) is 3.31. The molecule has 1 fully saturated rings. The lowest BCUT2D eigenvalue weighted by Gasteiger charge is -2.36. The minimum absolute atomic E-state index is 0.0177. The molecule has 1 aliphatic heterocycles. The molecule has 9 nitrogen and oxygen atoms in total. The number of nitrogens with one attached hydrogen (secondary N) is 1. The lowest BCUT2D eigenvalue weighted by molar-refractivity contribution is -0.136. The van der Waals surface area contributed by atoms with Crippen molar-refractivity contribution in [2.24, 2.45) is 0 Å². The average Bonchev–Trinajstić information content (AvgIpc) is 3.29. The van der Waals surface area contributed by atoms with E-state index < -0.39 is 5.82 Å². The molecule has 10 heteroatoms. The van der Waals surface area contributed by atoms with Gasteiger partial charge in [0.25, 0.3) is 0 Å². The Kier molecular flexibility index (Phi) is 7.33. The Balaban J connectivity index is 1.39. The van der Waals surface area contributed by atoms with Gasteiger partial charge in [-0.3, -0.25) is 4.79 Å². The number of amides is 1. The highest BCUT2D eigenvalue weighted by atomic mass is 19.1. The maximum absolute atomic E-state index is 15.1. The highest BCUT2D eigenvalue weighted by molar-refractivity contribution is 5.87. The number of H-pyrrole nitrogens is 1. The number of carbonyl (C=O) groups excluding carboxylic acids is 1. The van der Waals surface area contributed by atoms with Crippen molar-refractivity contribution in [3.8, 4) is 23.1 Å². The highest BCUT2D eigenvalue weighted by Gasteiger charge is 2.28. The van der Waals surface area contributed by atoms with Crippen LogP contribution in [0, 0.1) is 12.7 Å². The van der Waals surface area contributed by atoms with Crippen molar-refractivity contribution in [3.63, 3.8) is 0 Å². The Morgan fingerprint density at radius 3 is 2.76 bits per heavy atom. The molecule has 1 aliphatic rings. The largest absolute Gasteiger partial charge is 0.493 e. The predicted molar refractivity (Wildman–Crippen MR) is 143 cm³/mol. The standard InChI is InChI=1S/C28H32FN5O4/c1-17-11-19-21(32-17)8-9-23(27(19)29)38-28-20-12-24(36-4)25(13-22(20)30-16-31-28)37-15-18-7-5-6-10-34(18)26(35)14-33(2)3/h8-9,11-13,16,18,32H,5-7,10,14-15H2,1-4H3. The Bertz CT molecular complexity index is 1470. The number of ether oxygens (including phenoxy) is 3. The molecule has 0 bridgehead atoms. The Hall–Kier alpha value is -3.92. The number of rotatable bonds is 8. The Morgan fingerprint density at radius 2 is 1.97 bits per heavy atom. The van der Waals surface area contributed by atoms with E-state index in [0.717, 1.165) is 31.5 Å². The number of nitrogens with zero attached hydrogens (tertiary/aromatic N) is 4. The van der Waals surface area contributed by atoms with Crippen LogP contribution in [0.5, 0.6) is 23.1 Å². The van der Waals surface area contributed by atoms with Crippen molar-refractivity contribution in [2.45, 2.75) is 32.2 Å². The van der Waals surface area contributed by atoms with Crippen molar-refractivity contribution in [3.05, 3.63) is 48.2 Å². The van der Waals surface area contributed by atoms with Gasteiger partial charge in [0, 0.05) is 29.2 Å². The number of aromatic nitrogens is 3. The van der Waals surface area contributed by atoms with E-state index in [0.29, 0.717) is 46.5 Å². The van der Waals surface area contributed by atoms with Crippen LogP contribution < -0.4 is 14.2 Å². The number of aryl methyl sites for hydroxylation is 1. The molecule has 0 aliphatic carbocycles. The summed E-state index contributed by atoms with van der Waals surface area (Å²) >= 11 is 0. The molecule has 0 spiro atoms. The van der Waals surface area contributed by atoms with Crippen LogP contribution >= 0.6 is 0 Å². The van der Waals surface area contributed by atoms with Crippen LogP contribution in [-0.4, -0.2) is 77.6 Å². The van der Waals surface area contributed by atoms with Gasteiger partial charge in [0.2, 0.25) is 11.8 Å². The summed E-state index contributed by atoms with van der Waals surface area (Å²) < 4.78 is 32.9. The smallest absolute Gasteiger partial charge is 0.237 e. The zero-order chi connectivity index (χ0) is 26.8. The maximum Gasteiger partial charge on any atom is 0.237 e. The molecule has 1 saturated heterocycles. The quantitative estimate of drug-likeness (QED) is 0.360. The minimum Gasteiger partial charge on any atom is -0.493 e. The molecule has 4 aromatic rings. The Morgan fingerprint density at radius 1 is 1.13 bits per heavy atom. The van der Waals surface area contributed by atoms with Gasteiger partial charge in [-0.15, -0.1) is 0 Å².